The number of rotatable bonds is 36. The van der Waals surface area contributed by atoms with Crippen LogP contribution in [0.5, 0.6) is 34.5 Å². The molecule has 0 saturated carbocycles. The Bertz CT molecular complexity index is 4230. The van der Waals surface area contributed by atoms with Crippen molar-refractivity contribution < 1.29 is 57.2 Å². The molecule has 12 heteroatoms. The number of aryl methyl sites for hydroxylation is 5. The highest BCUT2D eigenvalue weighted by Gasteiger charge is 2.22. The number of carbonyl (C=O) groups excluding carboxylic acids is 6. The monoisotopic (exact) mass is 1560 g/mol. The Morgan fingerprint density at radius 3 is 0.728 bits per heavy atom. The fourth-order valence-electron chi connectivity index (χ4n) is 12.4. The molecular formula is C102H144O12. The maximum atomic E-state index is 12.1. The van der Waals surface area contributed by atoms with Crippen LogP contribution in [-0.2, 0) is 67.3 Å². The van der Waals surface area contributed by atoms with Gasteiger partial charge >= 0.3 is 35.8 Å². The number of hydrogen-bond donors (Lipinski definition) is 0. The molecular weight excluding hydrogens is 1420 g/mol. The molecule has 0 aliphatic carbocycles. The molecule has 0 saturated heterocycles. The van der Waals surface area contributed by atoms with Crippen molar-refractivity contribution in [3.63, 3.8) is 0 Å². The first-order chi connectivity index (χ1) is 53.4. The van der Waals surface area contributed by atoms with E-state index in [0.29, 0.717) is 59.3 Å². The predicted molar refractivity (Wildman–Crippen MR) is 479 cm³/mol. The Morgan fingerprint density at radius 2 is 0.439 bits per heavy atom. The zero-order valence-electron chi connectivity index (χ0n) is 76.0. The molecule has 0 N–H and O–H groups in total. The molecule has 0 radical (unpaired) electrons. The normalized spacial score (nSPS) is 11.5. The van der Waals surface area contributed by atoms with Gasteiger partial charge in [-0.25, -0.2) is 0 Å². The highest BCUT2D eigenvalue weighted by molar-refractivity contribution is 5.76. The zero-order chi connectivity index (χ0) is 86.5. The quantitative estimate of drug-likeness (QED) is 0.0241. The van der Waals surface area contributed by atoms with Gasteiger partial charge in [0, 0.05) is 69.4 Å². The van der Waals surface area contributed by atoms with Gasteiger partial charge in [0.2, 0.25) is 0 Å². The van der Waals surface area contributed by atoms with E-state index in [-0.39, 0.29) is 17.9 Å². The third-order valence-corrected chi connectivity index (χ3v) is 18.6. The van der Waals surface area contributed by atoms with Crippen LogP contribution >= 0.6 is 0 Å². The summed E-state index contributed by atoms with van der Waals surface area (Å²) in [6, 6.07) is 11.6. The third-order valence-electron chi connectivity index (χ3n) is 18.6. The van der Waals surface area contributed by atoms with Crippen LogP contribution in [0, 0.1) is 41.5 Å². The molecule has 4 aromatic rings. The molecule has 0 aromatic heterocycles. The molecule has 0 aliphatic heterocycles. The summed E-state index contributed by atoms with van der Waals surface area (Å²) in [5.41, 5.74) is 28.4. The van der Waals surface area contributed by atoms with E-state index < -0.39 is 17.9 Å². The molecule has 0 heterocycles. The number of hydrogen-bond acceptors (Lipinski definition) is 12. The lowest BCUT2D eigenvalue weighted by molar-refractivity contribution is -0.133. The van der Waals surface area contributed by atoms with Crippen LogP contribution in [-0.4, -0.2) is 35.8 Å². The number of esters is 6. The van der Waals surface area contributed by atoms with Gasteiger partial charge in [0.25, 0.3) is 0 Å². The molecule has 0 aliphatic rings. The van der Waals surface area contributed by atoms with Gasteiger partial charge in [-0.1, -0.05) is 146 Å². The van der Waals surface area contributed by atoms with Crippen molar-refractivity contribution in [1.82, 2.24) is 0 Å². The summed E-state index contributed by atoms with van der Waals surface area (Å²) in [6.07, 6.45) is 43.3. The SMILES string of the molecule is CC(=O)Oc1cc(C)c(C/C=C(\C)CCC=C(C)C)c(C)c1C/C=C(\C)CCC=C(C)C.CC(=O)Oc1cc(C)c(C/C=C(\C)CCC=C(C)C)c(OC(C)=O)c1C/C=C(\C)CCC=C(C)C.CC(=O)Oc1cc(C)cc(C)c1C/C=C(\C)CCC=C(C)C.CC(=O)Oc1cc(C)cc(OC(C)=O)c1C/C=C(\C)CCC=C(C)C. The summed E-state index contributed by atoms with van der Waals surface area (Å²) in [4.78, 5) is 69.7. The maximum absolute atomic E-state index is 12.1. The summed E-state index contributed by atoms with van der Waals surface area (Å²) in [5, 5.41) is 0. The minimum absolute atomic E-state index is 0.267. The number of benzene rings is 4. The molecule has 0 unspecified atom stereocenters. The number of ether oxygens (including phenoxy) is 6. The average Bonchev–Trinajstić information content (AvgIpc) is 0.761. The van der Waals surface area contributed by atoms with Crippen molar-refractivity contribution >= 4 is 35.8 Å². The molecule has 624 valence electrons. The third kappa shape index (κ3) is 45.5. The van der Waals surface area contributed by atoms with Gasteiger partial charge in [-0.05, 0) is 351 Å². The first-order valence-electron chi connectivity index (χ1n) is 40.7. The second-order valence-corrected chi connectivity index (χ2v) is 32.1. The lowest BCUT2D eigenvalue weighted by Gasteiger charge is -2.19. The Balaban J connectivity index is 0.000000771. The van der Waals surface area contributed by atoms with Gasteiger partial charge in [-0.3, -0.25) is 28.8 Å². The summed E-state index contributed by atoms with van der Waals surface area (Å²) < 4.78 is 33.0. The molecule has 0 atom stereocenters. The standard InChI is InChI=1S/C31H44O4.C30H44O2.C21H28O4.C20H28O2/c1-21(2)12-10-14-23(5)16-18-28-25(7)20-30(34-26(8)32)29(31(28)35-27(9)33)19-17-24(6)15-11-13-22(3)4;1-21(2)12-10-14-23(5)16-18-28-25(7)20-30(32-27(9)31)29(26(28)8)19-17-24(6)15-11-13-22(3)4;1-14(2)8-7-9-15(3)10-11-19-20(24-17(5)22)12-16(4)13-21(19)25-18(6)23;1-14(2)8-7-9-15(3)10-11-19-17(5)12-16(4)13-20(19)22-18(6)21/h12-13,16-17,20H,10-11,14-15,18-19H2,1-9H3;12-13,16-17,20H,10-11,14-15,18-19H2,1-9H3;8,10,12-13H,7,9,11H2,1-6H3;8,10,12-13H,7,9,11H2,1-6H3/b2*23-16+,24-17+;2*15-10+. The maximum Gasteiger partial charge on any atom is 0.308 e. The molecule has 114 heavy (non-hydrogen) atoms. The minimum Gasteiger partial charge on any atom is -0.426 e. The molecule has 0 spiro atoms. The largest absolute Gasteiger partial charge is 0.426 e. The molecule has 4 rings (SSSR count). The van der Waals surface area contributed by atoms with Crippen LogP contribution < -0.4 is 28.4 Å². The predicted octanol–water partition coefficient (Wildman–Crippen LogP) is 27.6. The molecule has 0 fully saturated rings. The highest BCUT2D eigenvalue weighted by Crippen LogP contribution is 2.39. The van der Waals surface area contributed by atoms with Crippen molar-refractivity contribution in [1.29, 1.82) is 0 Å². The van der Waals surface area contributed by atoms with Gasteiger partial charge in [-0.15, -0.1) is 0 Å². The Hall–Kier alpha value is -9.42. The summed E-state index contributed by atoms with van der Waals surface area (Å²) in [6.45, 7) is 58.9. The van der Waals surface area contributed by atoms with Crippen LogP contribution in [0.4, 0.5) is 0 Å². The topological polar surface area (TPSA) is 158 Å². The fraction of sp³-hybridized carbons (Fsp3) is 0.471. The van der Waals surface area contributed by atoms with Crippen LogP contribution in [0.2, 0.25) is 0 Å². The van der Waals surface area contributed by atoms with E-state index >= 15 is 0 Å². The van der Waals surface area contributed by atoms with E-state index in [1.165, 1.54) is 131 Å². The van der Waals surface area contributed by atoms with E-state index in [1.807, 2.05) is 39.0 Å². The smallest absolute Gasteiger partial charge is 0.308 e. The molecule has 4 aromatic carbocycles. The summed E-state index contributed by atoms with van der Waals surface area (Å²) in [5.74, 6) is 1.12. The van der Waals surface area contributed by atoms with Crippen LogP contribution in [0.3, 0.4) is 0 Å². The van der Waals surface area contributed by atoms with Crippen molar-refractivity contribution in [2.45, 2.75) is 323 Å². The first kappa shape index (κ1) is 103. The summed E-state index contributed by atoms with van der Waals surface area (Å²) >= 11 is 0. The van der Waals surface area contributed by atoms with Gasteiger partial charge in [-0.2, -0.15) is 0 Å². The van der Waals surface area contributed by atoms with Crippen molar-refractivity contribution in [2.75, 3.05) is 0 Å². The second kappa shape index (κ2) is 55.2. The summed E-state index contributed by atoms with van der Waals surface area (Å²) in [7, 11) is 0. The number of allylic oxidation sites excluding steroid dienone is 24. The second-order valence-electron chi connectivity index (χ2n) is 32.1. The molecule has 12 nitrogen and oxygen atoms in total. The van der Waals surface area contributed by atoms with E-state index in [4.69, 9.17) is 28.4 Å². The van der Waals surface area contributed by atoms with Crippen molar-refractivity contribution in [2.24, 2.45) is 0 Å². The van der Waals surface area contributed by atoms with E-state index in [2.05, 4.69) is 224 Å². The lowest BCUT2D eigenvalue weighted by Crippen LogP contribution is -2.11. The van der Waals surface area contributed by atoms with Crippen LogP contribution in [0.15, 0.2) is 176 Å². The zero-order valence-corrected chi connectivity index (χ0v) is 76.0. The van der Waals surface area contributed by atoms with Gasteiger partial charge in [0.15, 0.2) is 0 Å². The van der Waals surface area contributed by atoms with E-state index in [9.17, 15) is 28.8 Å². The average molecular weight is 1560 g/mol. The minimum atomic E-state index is -0.398. The van der Waals surface area contributed by atoms with Gasteiger partial charge in [0.1, 0.15) is 34.5 Å². The highest BCUT2D eigenvalue weighted by atomic mass is 16.6. The molecule has 0 bridgehead atoms. The van der Waals surface area contributed by atoms with Crippen molar-refractivity contribution in [3.8, 4) is 34.5 Å². The van der Waals surface area contributed by atoms with E-state index in [0.717, 1.165) is 135 Å². The Kier molecular flexibility index (Phi) is 49.6. The first-order valence-corrected chi connectivity index (χ1v) is 40.7. The Labute approximate surface area is 689 Å². The van der Waals surface area contributed by atoms with Gasteiger partial charge in [0.05, 0.1) is 0 Å². The Morgan fingerprint density at radius 1 is 0.228 bits per heavy atom. The van der Waals surface area contributed by atoms with Gasteiger partial charge < -0.3 is 28.4 Å². The van der Waals surface area contributed by atoms with E-state index in [1.54, 1.807) is 12.1 Å². The fourth-order valence-corrected chi connectivity index (χ4v) is 12.4. The number of carbonyl (C=O) groups is 6. The lowest BCUT2D eigenvalue weighted by atomic mass is 9.91. The van der Waals surface area contributed by atoms with Crippen molar-refractivity contribution in [3.05, 3.63) is 243 Å². The molecule has 0 amide bonds. The van der Waals surface area contributed by atoms with Crippen LogP contribution in [0.1, 0.15) is 310 Å². The van der Waals surface area contributed by atoms with Crippen LogP contribution in [0.25, 0.3) is 0 Å².